The highest BCUT2D eigenvalue weighted by Gasteiger charge is 2.07. The molecule has 0 atom stereocenters. The van der Waals surface area contributed by atoms with E-state index in [1.54, 1.807) is 12.3 Å². The Morgan fingerprint density at radius 2 is 2.21 bits per heavy atom. The Morgan fingerprint density at radius 1 is 1.37 bits per heavy atom. The minimum absolute atomic E-state index is 0.144. The van der Waals surface area contributed by atoms with Gasteiger partial charge in [-0.05, 0) is 29.3 Å². The van der Waals surface area contributed by atoms with Crippen LogP contribution < -0.4 is 10.1 Å². The van der Waals surface area contributed by atoms with E-state index >= 15 is 0 Å². The van der Waals surface area contributed by atoms with Crippen molar-refractivity contribution >= 4 is 5.91 Å². The summed E-state index contributed by atoms with van der Waals surface area (Å²) in [4.78, 5) is 14.6. The molecule has 1 amide bonds. The van der Waals surface area contributed by atoms with Gasteiger partial charge >= 0.3 is 0 Å². The molecule has 1 aromatic carbocycles. The van der Waals surface area contributed by atoms with Crippen LogP contribution in [-0.4, -0.2) is 18.0 Å². The summed E-state index contributed by atoms with van der Waals surface area (Å²) in [5.41, 5.74) is 1.61. The molecular formula is C14H15FN2O2. The molecule has 2 rings (SSSR count). The number of methoxy groups -OCH3 is 1. The van der Waals surface area contributed by atoms with E-state index in [-0.39, 0.29) is 18.1 Å². The maximum atomic E-state index is 13.4. The molecule has 0 spiro atoms. The van der Waals surface area contributed by atoms with E-state index in [4.69, 9.17) is 4.74 Å². The van der Waals surface area contributed by atoms with Gasteiger partial charge in [0.25, 0.3) is 0 Å². The lowest BCUT2D eigenvalue weighted by Gasteiger charge is -2.06. The third kappa shape index (κ3) is 3.58. The number of carbonyl (C=O) groups excluding carboxylic acids is 1. The Hall–Kier alpha value is -2.30. The van der Waals surface area contributed by atoms with Gasteiger partial charge in [0.1, 0.15) is 0 Å². The first-order chi connectivity index (χ1) is 9.19. The molecule has 1 aromatic heterocycles. The predicted octanol–water partition coefficient (Wildman–Crippen LogP) is 2.02. The Bertz CT molecular complexity index is 553. The molecule has 5 heteroatoms. The SMILES string of the molecule is COc1ccc(CC(=O)NCc2cc[nH]c2)cc1F. The first-order valence-electron chi connectivity index (χ1n) is 5.90. The average Bonchev–Trinajstić information content (AvgIpc) is 2.90. The molecule has 0 fully saturated rings. The minimum atomic E-state index is -0.460. The lowest BCUT2D eigenvalue weighted by Crippen LogP contribution is -2.24. The molecule has 2 N–H and O–H groups in total. The molecule has 0 unspecified atom stereocenters. The fourth-order valence-electron chi connectivity index (χ4n) is 1.74. The second kappa shape index (κ2) is 6.04. The van der Waals surface area contributed by atoms with Crippen LogP contribution in [0.5, 0.6) is 5.75 Å². The number of aromatic nitrogens is 1. The third-order valence-electron chi connectivity index (χ3n) is 2.73. The van der Waals surface area contributed by atoms with Crippen LogP contribution in [0.1, 0.15) is 11.1 Å². The number of H-pyrrole nitrogens is 1. The summed E-state index contributed by atoms with van der Waals surface area (Å²) in [7, 11) is 1.40. The smallest absolute Gasteiger partial charge is 0.224 e. The lowest BCUT2D eigenvalue weighted by atomic mass is 10.1. The van der Waals surface area contributed by atoms with Crippen LogP contribution >= 0.6 is 0 Å². The standard InChI is InChI=1S/C14H15FN2O2/c1-19-13-3-2-10(6-12(13)15)7-14(18)17-9-11-4-5-16-8-11/h2-6,8,16H,7,9H2,1H3,(H,17,18). The normalized spacial score (nSPS) is 10.2. The zero-order valence-corrected chi connectivity index (χ0v) is 10.6. The summed E-state index contributed by atoms with van der Waals surface area (Å²) in [6.45, 7) is 0.459. The number of rotatable bonds is 5. The first-order valence-corrected chi connectivity index (χ1v) is 5.90. The van der Waals surface area contributed by atoms with Crippen LogP contribution in [0.25, 0.3) is 0 Å². The second-order valence-electron chi connectivity index (χ2n) is 4.14. The topological polar surface area (TPSA) is 54.1 Å². The maximum absolute atomic E-state index is 13.4. The van der Waals surface area contributed by atoms with Crippen molar-refractivity contribution in [2.75, 3.05) is 7.11 Å². The van der Waals surface area contributed by atoms with E-state index in [1.165, 1.54) is 19.2 Å². The van der Waals surface area contributed by atoms with Gasteiger partial charge in [0, 0.05) is 18.9 Å². The molecule has 0 aliphatic heterocycles. The number of nitrogens with one attached hydrogen (secondary N) is 2. The Kier molecular flexibility index (Phi) is 4.18. The average molecular weight is 262 g/mol. The summed E-state index contributed by atoms with van der Waals surface area (Å²) < 4.78 is 18.3. The van der Waals surface area contributed by atoms with Crippen molar-refractivity contribution in [3.05, 3.63) is 53.6 Å². The summed E-state index contributed by atoms with van der Waals surface area (Å²) in [6, 6.07) is 6.39. The maximum Gasteiger partial charge on any atom is 0.224 e. The molecule has 19 heavy (non-hydrogen) atoms. The first kappa shape index (κ1) is 13.1. The summed E-state index contributed by atoms with van der Waals surface area (Å²) in [5.74, 6) is -0.430. The molecule has 0 saturated heterocycles. The van der Waals surface area contributed by atoms with Gasteiger partial charge in [-0.1, -0.05) is 6.07 Å². The number of ether oxygens (including phenoxy) is 1. The van der Waals surface area contributed by atoms with E-state index < -0.39 is 5.82 Å². The fourth-order valence-corrected chi connectivity index (χ4v) is 1.74. The van der Waals surface area contributed by atoms with Crippen LogP contribution in [0.2, 0.25) is 0 Å². The molecule has 1 heterocycles. The number of amides is 1. The molecular weight excluding hydrogens is 247 g/mol. The molecule has 0 bridgehead atoms. The van der Waals surface area contributed by atoms with Crippen molar-refractivity contribution in [2.24, 2.45) is 0 Å². The Balaban J connectivity index is 1.90. The number of aromatic amines is 1. The van der Waals surface area contributed by atoms with E-state index in [1.807, 2.05) is 12.3 Å². The summed E-state index contributed by atoms with van der Waals surface area (Å²) in [5, 5.41) is 2.77. The molecule has 0 aliphatic rings. The van der Waals surface area contributed by atoms with E-state index in [2.05, 4.69) is 10.3 Å². The van der Waals surface area contributed by atoms with E-state index in [0.29, 0.717) is 12.1 Å². The van der Waals surface area contributed by atoms with Gasteiger partial charge in [0.05, 0.1) is 13.5 Å². The number of benzene rings is 1. The molecule has 0 aliphatic carbocycles. The number of hydrogen-bond donors (Lipinski definition) is 2. The lowest BCUT2D eigenvalue weighted by molar-refractivity contribution is -0.120. The van der Waals surface area contributed by atoms with Crippen molar-refractivity contribution in [1.82, 2.24) is 10.3 Å². The summed E-state index contributed by atoms with van der Waals surface area (Å²) in [6.07, 6.45) is 3.75. The van der Waals surface area contributed by atoms with Crippen LogP contribution in [0.4, 0.5) is 4.39 Å². The third-order valence-corrected chi connectivity index (χ3v) is 2.73. The quantitative estimate of drug-likeness (QED) is 0.866. The highest BCUT2D eigenvalue weighted by atomic mass is 19.1. The highest BCUT2D eigenvalue weighted by molar-refractivity contribution is 5.78. The van der Waals surface area contributed by atoms with Crippen molar-refractivity contribution in [2.45, 2.75) is 13.0 Å². The zero-order chi connectivity index (χ0) is 13.7. The molecule has 2 aromatic rings. The number of hydrogen-bond acceptors (Lipinski definition) is 2. The molecule has 0 saturated carbocycles. The number of halogens is 1. The van der Waals surface area contributed by atoms with Gasteiger partial charge in [0.2, 0.25) is 5.91 Å². The van der Waals surface area contributed by atoms with Crippen LogP contribution in [0, 0.1) is 5.82 Å². The van der Waals surface area contributed by atoms with Crippen molar-refractivity contribution < 1.29 is 13.9 Å². The Morgan fingerprint density at radius 3 is 2.84 bits per heavy atom. The van der Waals surface area contributed by atoms with Gasteiger partial charge in [-0.2, -0.15) is 0 Å². The van der Waals surface area contributed by atoms with Crippen LogP contribution in [0.15, 0.2) is 36.7 Å². The van der Waals surface area contributed by atoms with Crippen LogP contribution in [0.3, 0.4) is 0 Å². The van der Waals surface area contributed by atoms with Gasteiger partial charge in [-0.3, -0.25) is 4.79 Å². The van der Waals surface area contributed by atoms with Gasteiger partial charge in [-0.25, -0.2) is 4.39 Å². The van der Waals surface area contributed by atoms with E-state index in [0.717, 1.165) is 5.56 Å². The van der Waals surface area contributed by atoms with Gasteiger partial charge in [-0.15, -0.1) is 0 Å². The highest BCUT2D eigenvalue weighted by Crippen LogP contribution is 2.17. The van der Waals surface area contributed by atoms with Crippen molar-refractivity contribution in [3.8, 4) is 5.75 Å². The monoisotopic (exact) mass is 262 g/mol. The molecule has 100 valence electrons. The largest absolute Gasteiger partial charge is 0.494 e. The Labute approximate surface area is 110 Å². The number of carbonyl (C=O) groups is 1. The second-order valence-corrected chi connectivity index (χ2v) is 4.14. The zero-order valence-electron chi connectivity index (χ0n) is 10.6. The van der Waals surface area contributed by atoms with E-state index in [9.17, 15) is 9.18 Å². The minimum Gasteiger partial charge on any atom is -0.494 e. The van der Waals surface area contributed by atoms with Gasteiger partial charge < -0.3 is 15.0 Å². The molecule has 0 radical (unpaired) electrons. The van der Waals surface area contributed by atoms with Crippen LogP contribution in [-0.2, 0) is 17.8 Å². The molecule has 4 nitrogen and oxygen atoms in total. The fraction of sp³-hybridized carbons (Fsp3) is 0.214. The van der Waals surface area contributed by atoms with Crippen molar-refractivity contribution in [1.29, 1.82) is 0 Å². The predicted molar refractivity (Wildman–Crippen MR) is 69.3 cm³/mol. The van der Waals surface area contributed by atoms with Crippen molar-refractivity contribution in [3.63, 3.8) is 0 Å². The summed E-state index contributed by atoms with van der Waals surface area (Å²) >= 11 is 0. The van der Waals surface area contributed by atoms with Gasteiger partial charge in [0.15, 0.2) is 11.6 Å².